The summed E-state index contributed by atoms with van der Waals surface area (Å²) in [7, 11) is 0. The van der Waals surface area contributed by atoms with Crippen molar-refractivity contribution in [1.29, 1.82) is 0 Å². The highest BCUT2D eigenvalue weighted by Gasteiger charge is 2.06. The fourth-order valence-electron chi connectivity index (χ4n) is 2.20. The van der Waals surface area contributed by atoms with Crippen LogP contribution in [0.3, 0.4) is 0 Å². The van der Waals surface area contributed by atoms with E-state index in [1.165, 1.54) is 10.9 Å². The van der Waals surface area contributed by atoms with E-state index in [2.05, 4.69) is 18.0 Å². The molecule has 1 aromatic heterocycles. The Balaban J connectivity index is 2.24. The van der Waals surface area contributed by atoms with Crippen LogP contribution in [0.15, 0.2) is 54.7 Å². The zero-order valence-electron chi connectivity index (χ0n) is 10.0. The lowest BCUT2D eigenvalue weighted by Crippen LogP contribution is -1.88. The molecule has 88 valence electrons. The van der Waals surface area contributed by atoms with Crippen LogP contribution in [0.25, 0.3) is 22.0 Å². The van der Waals surface area contributed by atoms with E-state index in [-0.39, 0.29) is 0 Å². The number of rotatable bonds is 1. The van der Waals surface area contributed by atoms with E-state index in [1.54, 1.807) is 0 Å². The number of benzene rings is 2. The Hall–Kier alpha value is -1.86. The van der Waals surface area contributed by atoms with Gasteiger partial charge in [-0.3, -0.25) is 4.98 Å². The van der Waals surface area contributed by atoms with Gasteiger partial charge in [-0.2, -0.15) is 0 Å². The first-order valence-corrected chi connectivity index (χ1v) is 6.24. The zero-order valence-corrected chi connectivity index (χ0v) is 10.8. The minimum atomic E-state index is 0.755. The molecule has 0 spiro atoms. The maximum Gasteiger partial charge on any atom is 0.0705 e. The molecule has 0 saturated heterocycles. The van der Waals surface area contributed by atoms with Crippen molar-refractivity contribution in [2.75, 3.05) is 0 Å². The molecule has 0 aliphatic carbocycles. The van der Waals surface area contributed by atoms with Crippen LogP contribution in [0.2, 0.25) is 5.02 Å². The first-order valence-electron chi connectivity index (χ1n) is 5.86. The average Bonchev–Trinajstić information content (AvgIpc) is 2.41. The van der Waals surface area contributed by atoms with Gasteiger partial charge < -0.3 is 0 Å². The van der Waals surface area contributed by atoms with Crippen LogP contribution in [0, 0.1) is 6.92 Å². The lowest BCUT2D eigenvalue weighted by molar-refractivity contribution is 1.36. The van der Waals surface area contributed by atoms with Crippen molar-refractivity contribution in [3.05, 3.63) is 65.3 Å². The van der Waals surface area contributed by atoms with Gasteiger partial charge in [-0.1, -0.05) is 41.9 Å². The van der Waals surface area contributed by atoms with Crippen molar-refractivity contribution in [2.45, 2.75) is 6.92 Å². The van der Waals surface area contributed by atoms with Crippen LogP contribution in [-0.2, 0) is 0 Å². The quantitative estimate of drug-likeness (QED) is 0.603. The number of para-hydroxylation sites is 1. The molecule has 0 unspecified atom stereocenters. The second-order valence-electron chi connectivity index (χ2n) is 4.32. The van der Waals surface area contributed by atoms with Gasteiger partial charge in [0.2, 0.25) is 0 Å². The molecule has 2 aromatic carbocycles. The van der Waals surface area contributed by atoms with Gasteiger partial charge in [-0.25, -0.2) is 0 Å². The fourth-order valence-corrected chi connectivity index (χ4v) is 2.33. The molecule has 3 rings (SSSR count). The lowest BCUT2D eigenvalue weighted by Gasteiger charge is -2.09. The molecule has 3 aromatic rings. The fraction of sp³-hybridized carbons (Fsp3) is 0.0625. The highest BCUT2D eigenvalue weighted by Crippen LogP contribution is 2.28. The van der Waals surface area contributed by atoms with Crippen molar-refractivity contribution in [2.24, 2.45) is 0 Å². The predicted molar refractivity (Wildman–Crippen MR) is 76.9 cm³/mol. The predicted octanol–water partition coefficient (Wildman–Crippen LogP) is 4.86. The number of halogens is 1. The minimum Gasteiger partial charge on any atom is -0.256 e. The third-order valence-corrected chi connectivity index (χ3v) is 3.45. The van der Waals surface area contributed by atoms with Crippen molar-refractivity contribution in [3.63, 3.8) is 0 Å². The highest BCUT2D eigenvalue weighted by molar-refractivity contribution is 6.30. The summed E-state index contributed by atoms with van der Waals surface area (Å²) in [6.07, 6.45) is 1.93. The molecule has 0 fully saturated rings. The molecular weight excluding hydrogens is 242 g/mol. The summed E-state index contributed by atoms with van der Waals surface area (Å²) in [5.41, 5.74) is 4.59. The summed E-state index contributed by atoms with van der Waals surface area (Å²) in [5, 5.41) is 1.95. The van der Waals surface area contributed by atoms with Gasteiger partial charge in [-0.05, 0) is 36.2 Å². The number of pyridine rings is 1. The van der Waals surface area contributed by atoms with Gasteiger partial charge >= 0.3 is 0 Å². The van der Waals surface area contributed by atoms with Crippen molar-refractivity contribution in [1.82, 2.24) is 4.98 Å². The van der Waals surface area contributed by atoms with Gasteiger partial charge in [-0.15, -0.1) is 0 Å². The first-order chi connectivity index (χ1) is 8.75. The molecule has 1 heterocycles. The van der Waals surface area contributed by atoms with E-state index in [9.17, 15) is 0 Å². The topological polar surface area (TPSA) is 12.9 Å². The van der Waals surface area contributed by atoms with Crippen molar-refractivity contribution in [3.8, 4) is 11.1 Å². The number of aryl methyl sites for hydroxylation is 1. The largest absolute Gasteiger partial charge is 0.256 e. The molecule has 0 amide bonds. The molecule has 0 bridgehead atoms. The minimum absolute atomic E-state index is 0.755. The van der Waals surface area contributed by atoms with Gasteiger partial charge in [0, 0.05) is 22.2 Å². The van der Waals surface area contributed by atoms with Crippen LogP contribution in [-0.4, -0.2) is 4.98 Å². The van der Waals surface area contributed by atoms with E-state index < -0.39 is 0 Å². The molecular formula is C16H12ClN. The van der Waals surface area contributed by atoms with E-state index in [0.717, 1.165) is 21.7 Å². The monoisotopic (exact) mass is 253 g/mol. The second-order valence-corrected chi connectivity index (χ2v) is 4.76. The number of hydrogen-bond donors (Lipinski definition) is 0. The summed E-state index contributed by atoms with van der Waals surface area (Å²) >= 11 is 5.92. The number of fused-ring (bicyclic) bond motifs is 1. The van der Waals surface area contributed by atoms with Crippen LogP contribution in [0.1, 0.15) is 5.56 Å². The highest BCUT2D eigenvalue weighted by atomic mass is 35.5. The van der Waals surface area contributed by atoms with Crippen molar-refractivity contribution >= 4 is 22.5 Å². The van der Waals surface area contributed by atoms with Crippen LogP contribution >= 0.6 is 11.6 Å². The van der Waals surface area contributed by atoms with E-state index >= 15 is 0 Å². The normalized spacial score (nSPS) is 10.8. The molecule has 1 nitrogen and oxygen atoms in total. The Morgan fingerprint density at radius 3 is 2.44 bits per heavy atom. The van der Waals surface area contributed by atoms with Crippen LogP contribution < -0.4 is 0 Å². The molecule has 0 aliphatic heterocycles. The molecule has 0 N–H and O–H groups in total. The standard InChI is InChI=1S/C16H12ClN/c1-11-14-4-2-3-5-16(14)18-10-15(11)12-6-8-13(17)9-7-12/h2-10H,1H3. The molecule has 0 saturated carbocycles. The third-order valence-electron chi connectivity index (χ3n) is 3.20. The SMILES string of the molecule is Cc1c(-c2ccc(Cl)cc2)cnc2ccccc12. The second kappa shape index (κ2) is 4.43. The Morgan fingerprint density at radius 2 is 1.67 bits per heavy atom. The summed E-state index contributed by atoms with van der Waals surface area (Å²) in [6.45, 7) is 2.13. The Bertz CT molecular complexity index is 702. The number of hydrogen-bond acceptors (Lipinski definition) is 1. The van der Waals surface area contributed by atoms with E-state index in [1.807, 2.05) is 48.7 Å². The molecule has 2 heteroatoms. The lowest BCUT2D eigenvalue weighted by atomic mass is 9.99. The third kappa shape index (κ3) is 1.87. The summed E-state index contributed by atoms with van der Waals surface area (Å²) in [6, 6.07) is 16.1. The maximum absolute atomic E-state index is 5.92. The van der Waals surface area contributed by atoms with Crippen LogP contribution in [0.4, 0.5) is 0 Å². The molecule has 0 radical (unpaired) electrons. The smallest absolute Gasteiger partial charge is 0.0705 e. The van der Waals surface area contributed by atoms with Gasteiger partial charge in [0.15, 0.2) is 0 Å². The summed E-state index contributed by atoms with van der Waals surface area (Å²) in [4.78, 5) is 4.51. The van der Waals surface area contributed by atoms with Gasteiger partial charge in [0.05, 0.1) is 5.52 Å². The van der Waals surface area contributed by atoms with Gasteiger partial charge in [0.25, 0.3) is 0 Å². The zero-order chi connectivity index (χ0) is 12.5. The van der Waals surface area contributed by atoms with E-state index in [0.29, 0.717) is 0 Å². The average molecular weight is 254 g/mol. The Morgan fingerprint density at radius 1 is 0.944 bits per heavy atom. The molecule has 18 heavy (non-hydrogen) atoms. The molecule has 0 atom stereocenters. The number of nitrogens with zero attached hydrogens (tertiary/aromatic N) is 1. The van der Waals surface area contributed by atoms with Gasteiger partial charge in [0.1, 0.15) is 0 Å². The molecule has 0 aliphatic rings. The summed E-state index contributed by atoms with van der Waals surface area (Å²) < 4.78 is 0. The first kappa shape index (κ1) is 11.2. The maximum atomic E-state index is 5.92. The number of aromatic nitrogens is 1. The van der Waals surface area contributed by atoms with E-state index in [4.69, 9.17) is 11.6 Å². The Kier molecular flexibility index (Phi) is 2.77. The van der Waals surface area contributed by atoms with Crippen molar-refractivity contribution < 1.29 is 0 Å². The summed E-state index contributed by atoms with van der Waals surface area (Å²) in [5.74, 6) is 0. The van der Waals surface area contributed by atoms with Crippen LogP contribution in [0.5, 0.6) is 0 Å². The Labute approximate surface area is 111 Å².